The number of pyridine rings is 1. The van der Waals surface area contributed by atoms with Crippen LogP contribution in [-0.4, -0.2) is 11.3 Å². The number of aryl methyl sites for hydroxylation is 1. The summed E-state index contributed by atoms with van der Waals surface area (Å²) in [6, 6.07) is 3.32. The number of H-pyrrole nitrogens is 1. The van der Waals surface area contributed by atoms with Crippen LogP contribution in [0.25, 0.3) is 0 Å². The van der Waals surface area contributed by atoms with Gasteiger partial charge in [0.05, 0.1) is 5.69 Å². The average Bonchev–Trinajstić information content (AvgIpc) is 2.09. The third kappa shape index (κ3) is 1.81. The molecule has 0 radical (unpaired) electrons. The molecule has 0 bridgehead atoms. The van der Waals surface area contributed by atoms with Crippen molar-refractivity contribution in [3.8, 4) is 0 Å². The molecule has 1 aromatic heterocycles. The Morgan fingerprint density at radius 3 is 2.75 bits per heavy atom. The lowest BCUT2D eigenvalue weighted by Gasteiger charge is -1.96. The van der Waals surface area contributed by atoms with Gasteiger partial charge < -0.3 is 4.98 Å². The summed E-state index contributed by atoms with van der Waals surface area (Å²) >= 11 is 0. The van der Waals surface area contributed by atoms with E-state index in [-0.39, 0.29) is 5.56 Å². The second kappa shape index (κ2) is 3.85. The van der Waals surface area contributed by atoms with E-state index in [1.54, 1.807) is 12.1 Å². The zero-order valence-electron chi connectivity index (χ0n) is 6.96. The first-order valence-electron chi connectivity index (χ1n) is 3.95. The maximum atomic E-state index is 11.2. The quantitative estimate of drug-likeness (QED) is 0.683. The molecule has 0 amide bonds. The van der Waals surface area contributed by atoms with Gasteiger partial charge in [0, 0.05) is 5.56 Å². The molecule has 0 unspecified atom stereocenters. The SMILES string of the molecule is CCCc1ccc(C=O)[nH]c1=O. The molecule has 0 aliphatic heterocycles. The number of rotatable bonds is 3. The summed E-state index contributed by atoms with van der Waals surface area (Å²) in [4.78, 5) is 23.9. The Labute approximate surface area is 70.4 Å². The van der Waals surface area contributed by atoms with Crippen LogP contribution in [0, 0.1) is 0 Å². The van der Waals surface area contributed by atoms with Crippen molar-refractivity contribution in [3.63, 3.8) is 0 Å². The molecule has 12 heavy (non-hydrogen) atoms. The van der Waals surface area contributed by atoms with E-state index in [4.69, 9.17) is 0 Å². The van der Waals surface area contributed by atoms with Crippen molar-refractivity contribution in [2.75, 3.05) is 0 Å². The summed E-state index contributed by atoms with van der Waals surface area (Å²) in [5.74, 6) is 0. The monoisotopic (exact) mass is 165 g/mol. The number of aromatic nitrogens is 1. The topological polar surface area (TPSA) is 49.9 Å². The van der Waals surface area contributed by atoms with Crippen LogP contribution >= 0.6 is 0 Å². The molecule has 1 heterocycles. The Bertz CT molecular complexity index is 328. The first kappa shape index (κ1) is 8.71. The lowest BCUT2D eigenvalue weighted by atomic mass is 10.1. The number of hydrogen-bond donors (Lipinski definition) is 1. The molecule has 0 aliphatic rings. The molecule has 0 spiro atoms. The van der Waals surface area contributed by atoms with Gasteiger partial charge in [-0.3, -0.25) is 9.59 Å². The Hall–Kier alpha value is -1.38. The molecule has 0 atom stereocenters. The summed E-state index contributed by atoms with van der Waals surface area (Å²) in [6.07, 6.45) is 2.33. The predicted molar refractivity (Wildman–Crippen MR) is 46.4 cm³/mol. The summed E-state index contributed by atoms with van der Waals surface area (Å²) in [5.41, 5.74) is 0.921. The van der Waals surface area contributed by atoms with Gasteiger partial charge in [-0.05, 0) is 12.5 Å². The van der Waals surface area contributed by atoms with E-state index < -0.39 is 0 Å². The van der Waals surface area contributed by atoms with Crippen molar-refractivity contribution < 1.29 is 4.79 Å². The molecule has 3 heteroatoms. The number of nitrogens with one attached hydrogen (secondary N) is 1. The van der Waals surface area contributed by atoms with E-state index in [1.165, 1.54) is 0 Å². The van der Waals surface area contributed by atoms with Crippen LogP contribution in [0.4, 0.5) is 0 Å². The van der Waals surface area contributed by atoms with E-state index in [0.717, 1.165) is 18.4 Å². The molecule has 1 aromatic rings. The highest BCUT2D eigenvalue weighted by molar-refractivity contribution is 5.71. The van der Waals surface area contributed by atoms with Crippen LogP contribution < -0.4 is 5.56 Å². The average molecular weight is 165 g/mol. The summed E-state index contributed by atoms with van der Waals surface area (Å²) in [5, 5.41) is 0. The Morgan fingerprint density at radius 1 is 1.50 bits per heavy atom. The van der Waals surface area contributed by atoms with Crippen LogP contribution in [0.1, 0.15) is 29.4 Å². The number of carbonyl (C=O) groups is 1. The van der Waals surface area contributed by atoms with Crippen molar-refractivity contribution in [3.05, 3.63) is 33.7 Å². The van der Waals surface area contributed by atoms with E-state index >= 15 is 0 Å². The van der Waals surface area contributed by atoms with Crippen molar-refractivity contribution in [1.82, 2.24) is 4.98 Å². The minimum Gasteiger partial charge on any atom is -0.319 e. The molecule has 0 saturated heterocycles. The smallest absolute Gasteiger partial charge is 0.251 e. The maximum absolute atomic E-state index is 11.2. The summed E-state index contributed by atoms with van der Waals surface area (Å²) in [7, 11) is 0. The minimum absolute atomic E-state index is 0.151. The zero-order valence-corrected chi connectivity index (χ0v) is 6.96. The highest BCUT2D eigenvalue weighted by Crippen LogP contribution is 1.96. The van der Waals surface area contributed by atoms with Gasteiger partial charge in [-0.25, -0.2) is 0 Å². The zero-order chi connectivity index (χ0) is 8.97. The molecule has 0 saturated carbocycles. The van der Waals surface area contributed by atoms with Gasteiger partial charge in [-0.2, -0.15) is 0 Å². The molecule has 3 nitrogen and oxygen atoms in total. The lowest BCUT2D eigenvalue weighted by molar-refractivity contribution is 0.111. The summed E-state index contributed by atoms with van der Waals surface area (Å²) < 4.78 is 0. The van der Waals surface area contributed by atoms with Crippen molar-refractivity contribution >= 4 is 6.29 Å². The van der Waals surface area contributed by atoms with Gasteiger partial charge in [-0.1, -0.05) is 19.4 Å². The molecule has 0 aliphatic carbocycles. The fraction of sp³-hybridized carbons (Fsp3) is 0.333. The Morgan fingerprint density at radius 2 is 2.25 bits per heavy atom. The fourth-order valence-electron chi connectivity index (χ4n) is 1.05. The first-order chi connectivity index (χ1) is 5.77. The fourth-order valence-corrected chi connectivity index (χ4v) is 1.05. The number of aldehydes is 1. The third-order valence-corrected chi connectivity index (χ3v) is 1.66. The van der Waals surface area contributed by atoms with E-state index in [1.807, 2.05) is 6.92 Å². The Kier molecular flexibility index (Phi) is 2.80. The predicted octanol–water partition coefficient (Wildman–Crippen LogP) is 1.14. The van der Waals surface area contributed by atoms with Gasteiger partial charge in [0.15, 0.2) is 6.29 Å². The number of hydrogen-bond acceptors (Lipinski definition) is 2. The highest BCUT2D eigenvalue weighted by atomic mass is 16.1. The molecule has 1 rings (SSSR count). The number of aromatic amines is 1. The standard InChI is InChI=1S/C9H11NO2/c1-2-3-7-4-5-8(6-11)10-9(7)12/h4-6H,2-3H2,1H3,(H,10,12). The second-order valence-electron chi connectivity index (χ2n) is 2.64. The minimum atomic E-state index is -0.151. The van der Waals surface area contributed by atoms with Gasteiger partial charge in [0.2, 0.25) is 0 Å². The van der Waals surface area contributed by atoms with E-state index in [2.05, 4.69) is 4.98 Å². The van der Waals surface area contributed by atoms with E-state index in [9.17, 15) is 9.59 Å². The van der Waals surface area contributed by atoms with Crippen LogP contribution in [0.2, 0.25) is 0 Å². The lowest BCUT2D eigenvalue weighted by Crippen LogP contribution is -2.13. The third-order valence-electron chi connectivity index (χ3n) is 1.66. The maximum Gasteiger partial charge on any atom is 0.251 e. The van der Waals surface area contributed by atoms with Crippen molar-refractivity contribution in [2.45, 2.75) is 19.8 Å². The van der Waals surface area contributed by atoms with Gasteiger partial charge in [-0.15, -0.1) is 0 Å². The van der Waals surface area contributed by atoms with Gasteiger partial charge in [0.1, 0.15) is 0 Å². The molecule has 64 valence electrons. The van der Waals surface area contributed by atoms with Crippen LogP contribution in [0.15, 0.2) is 16.9 Å². The summed E-state index contributed by atoms with van der Waals surface area (Å²) in [6.45, 7) is 2.01. The number of carbonyl (C=O) groups excluding carboxylic acids is 1. The second-order valence-corrected chi connectivity index (χ2v) is 2.64. The molecule has 0 fully saturated rings. The van der Waals surface area contributed by atoms with Crippen molar-refractivity contribution in [1.29, 1.82) is 0 Å². The molecular formula is C9H11NO2. The Balaban J connectivity index is 3.03. The van der Waals surface area contributed by atoms with E-state index in [0.29, 0.717) is 12.0 Å². The van der Waals surface area contributed by atoms with Gasteiger partial charge >= 0.3 is 0 Å². The molecular weight excluding hydrogens is 154 g/mol. The molecule has 0 aromatic carbocycles. The first-order valence-corrected chi connectivity index (χ1v) is 3.95. The van der Waals surface area contributed by atoms with Crippen LogP contribution in [-0.2, 0) is 6.42 Å². The van der Waals surface area contributed by atoms with Gasteiger partial charge in [0.25, 0.3) is 5.56 Å². The molecule has 1 N–H and O–H groups in total. The largest absolute Gasteiger partial charge is 0.319 e. The van der Waals surface area contributed by atoms with Crippen molar-refractivity contribution in [2.24, 2.45) is 0 Å². The normalized spacial score (nSPS) is 9.75. The van der Waals surface area contributed by atoms with Crippen LogP contribution in [0.5, 0.6) is 0 Å². The highest BCUT2D eigenvalue weighted by Gasteiger charge is 1.98. The van der Waals surface area contributed by atoms with Crippen LogP contribution in [0.3, 0.4) is 0 Å².